The number of aliphatic hydroxyl groups excluding tert-OH is 1. The normalized spacial score (nSPS) is 12.8. The first-order valence-electron chi connectivity index (χ1n) is 7.40. The molecule has 2 aromatic carbocycles. The van der Waals surface area contributed by atoms with Crippen LogP contribution in [0.15, 0.2) is 42.5 Å². The zero-order valence-corrected chi connectivity index (χ0v) is 13.3. The van der Waals surface area contributed by atoms with E-state index in [0.29, 0.717) is 0 Å². The van der Waals surface area contributed by atoms with Crippen molar-refractivity contribution in [2.24, 2.45) is 0 Å². The fourth-order valence-electron chi connectivity index (χ4n) is 2.43. The summed E-state index contributed by atoms with van der Waals surface area (Å²) in [4.78, 5) is 12.3. The van der Waals surface area contributed by atoms with E-state index in [2.05, 4.69) is 5.32 Å². The highest BCUT2D eigenvalue weighted by atomic mass is 19.1. The molecule has 1 amide bonds. The van der Waals surface area contributed by atoms with Crippen molar-refractivity contribution in [1.82, 2.24) is 5.32 Å². The van der Waals surface area contributed by atoms with Crippen LogP contribution in [0.2, 0.25) is 0 Å². The summed E-state index contributed by atoms with van der Waals surface area (Å²) in [7, 11) is 0. The monoisotopic (exact) mass is 337 g/mol. The molecule has 2 N–H and O–H groups in total. The highest BCUT2D eigenvalue weighted by molar-refractivity contribution is 5.87. The lowest BCUT2D eigenvalue weighted by atomic mass is 9.83. The van der Waals surface area contributed by atoms with E-state index in [9.17, 15) is 23.1 Å². The maximum atomic E-state index is 13.9. The smallest absolute Gasteiger partial charge is 0.230 e. The second kappa shape index (κ2) is 7.05. The Morgan fingerprint density at radius 2 is 1.58 bits per heavy atom. The van der Waals surface area contributed by atoms with Crippen LogP contribution in [0, 0.1) is 17.5 Å². The summed E-state index contributed by atoms with van der Waals surface area (Å²) in [5.41, 5.74) is -1.53. The van der Waals surface area contributed by atoms with Crippen molar-refractivity contribution in [3.8, 4) is 0 Å². The van der Waals surface area contributed by atoms with E-state index in [4.69, 9.17) is 0 Å². The van der Waals surface area contributed by atoms with Crippen LogP contribution in [0.25, 0.3) is 0 Å². The van der Waals surface area contributed by atoms with Crippen molar-refractivity contribution < 1.29 is 23.1 Å². The SMILES string of the molecule is CC(C)(C(=O)NCC(O)c1c(F)cccc1F)c1ccccc1F. The van der Waals surface area contributed by atoms with Gasteiger partial charge in [-0.15, -0.1) is 0 Å². The molecule has 24 heavy (non-hydrogen) atoms. The van der Waals surface area contributed by atoms with Gasteiger partial charge in [-0.1, -0.05) is 24.3 Å². The first kappa shape index (κ1) is 18.0. The van der Waals surface area contributed by atoms with Crippen LogP contribution in [0.3, 0.4) is 0 Å². The minimum atomic E-state index is -1.55. The van der Waals surface area contributed by atoms with Gasteiger partial charge < -0.3 is 10.4 Å². The predicted molar refractivity (Wildman–Crippen MR) is 83.8 cm³/mol. The first-order chi connectivity index (χ1) is 11.2. The molecule has 0 radical (unpaired) electrons. The Hall–Kier alpha value is -2.34. The number of carbonyl (C=O) groups excluding carboxylic acids is 1. The molecule has 1 unspecified atom stereocenters. The molecule has 0 aliphatic rings. The van der Waals surface area contributed by atoms with Gasteiger partial charge in [0, 0.05) is 12.1 Å². The van der Waals surface area contributed by atoms with Gasteiger partial charge in [0.2, 0.25) is 5.91 Å². The summed E-state index contributed by atoms with van der Waals surface area (Å²) >= 11 is 0. The maximum Gasteiger partial charge on any atom is 0.230 e. The van der Waals surface area contributed by atoms with Gasteiger partial charge in [-0.25, -0.2) is 13.2 Å². The van der Waals surface area contributed by atoms with E-state index in [1.54, 1.807) is 6.07 Å². The molecule has 0 aromatic heterocycles. The molecule has 0 saturated heterocycles. The van der Waals surface area contributed by atoms with E-state index in [-0.39, 0.29) is 5.56 Å². The maximum absolute atomic E-state index is 13.9. The predicted octanol–water partition coefficient (Wildman–Crippen LogP) is 3.23. The number of rotatable bonds is 5. The number of benzene rings is 2. The molecule has 0 spiro atoms. The molecular weight excluding hydrogens is 319 g/mol. The molecule has 0 heterocycles. The highest BCUT2D eigenvalue weighted by Gasteiger charge is 2.32. The van der Waals surface area contributed by atoms with Gasteiger partial charge in [0.05, 0.1) is 11.0 Å². The molecule has 1 atom stereocenters. The number of nitrogens with one attached hydrogen (secondary N) is 1. The number of amides is 1. The number of hydrogen-bond acceptors (Lipinski definition) is 2. The molecule has 2 aromatic rings. The van der Waals surface area contributed by atoms with Crippen LogP contribution in [0.5, 0.6) is 0 Å². The largest absolute Gasteiger partial charge is 0.386 e. The van der Waals surface area contributed by atoms with Crippen LogP contribution in [0.4, 0.5) is 13.2 Å². The molecular formula is C18H18F3NO2. The van der Waals surface area contributed by atoms with Crippen LogP contribution in [-0.2, 0) is 10.2 Å². The van der Waals surface area contributed by atoms with E-state index in [1.165, 1.54) is 38.1 Å². The molecule has 2 rings (SSSR count). The summed E-state index contributed by atoms with van der Waals surface area (Å²) in [5.74, 6) is -2.89. The van der Waals surface area contributed by atoms with Crippen LogP contribution < -0.4 is 5.32 Å². The van der Waals surface area contributed by atoms with E-state index >= 15 is 0 Å². The van der Waals surface area contributed by atoms with Crippen LogP contribution in [0.1, 0.15) is 31.1 Å². The Morgan fingerprint density at radius 1 is 1.04 bits per heavy atom. The summed E-state index contributed by atoms with van der Waals surface area (Å²) in [6.45, 7) is 2.65. The lowest BCUT2D eigenvalue weighted by Crippen LogP contribution is -2.42. The number of carbonyl (C=O) groups is 1. The van der Waals surface area contributed by atoms with E-state index in [1.807, 2.05) is 0 Å². The number of halogens is 3. The van der Waals surface area contributed by atoms with Gasteiger partial charge >= 0.3 is 0 Å². The summed E-state index contributed by atoms with van der Waals surface area (Å²) < 4.78 is 41.1. The first-order valence-corrected chi connectivity index (χ1v) is 7.40. The average Bonchev–Trinajstić information content (AvgIpc) is 2.52. The Morgan fingerprint density at radius 3 is 2.17 bits per heavy atom. The minimum Gasteiger partial charge on any atom is -0.386 e. The standard InChI is InChI=1S/C18H18F3NO2/c1-18(2,11-6-3-4-7-12(11)19)17(24)22-10-15(23)16-13(20)8-5-9-14(16)21/h3-9,15,23H,10H2,1-2H3,(H,22,24). The summed E-state index contributed by atoms with van der Waals surface area (Å²) in [6.07, 6.45) is -1.55. The number of hydrogen-bond donors (Lipinski definition) is 2. The molecule has 128 valence electrons. The second-order valence-electron chi connectivity index (χ2n) is 5.97. The van der Waals surface area contributed by atoms with E-state index < -0.39 is 47.0 Å². The van der Waals surface area contributed by atoms with Gasteiger partial charge in [0.25, 0.3) is 0 Å². The van der Waals surface area contributed by atoms with Gasteiger partial charge in [-0.3, -0.25) is 4.79 Å². The van der Waals surface area contributed by atoms with Gasteiger partial charge in [-0.05, 0) is 32.0 Å². The topological polar surface area (TPSA) is 49.3 Å². The van der Waals surface area contributed by atoms with Crippen LogP contribution >= 0.6 is 0 Å². The zero-order valence-electron chi connectivity index (χ0n) is 13.3. The van der Waals surface area contributed by atoms with Gasteiger partial charge in [-0.2, -0.15) is 0 Å². The quantitative estimate of drug-likeness (QED) is 0.880. The summed E-state index contributed by atoms with van der Waals surface area (Å²) in [6, 6.07) is 9.07. The number of aliphatic hydroxyl groups is 1. The molecule has 0 bridgehead atoms. The van der Waals surface area contributed by atoms with Crippen molar-refractivity contribution in [1.29, 1.82) is 0 Å². The average molecular weight is 337 g/mol. The fraction of sp³-hybridized carbons (Fsp3) is 0.278. The lowest BCUT2D eigenvalue weighted by Gasteiger charge is -2.25. The van der Waals surface area contributed by atoms with Crippen molar-refractivity contribution >= 4 is 5.91 Å². The second-order valence-corrected chi connectivity index (χ2v) is 5.97. The molecule has 0 saturated carbocycles. The van der Waals surface area contributed by atoms with Crippen LogP contribution in [-0.4, -0.2) is 17.6 Å². The third kappa shape index (κ3) is 3.59. The molecule has 3 nitrogen and oxygen atoms in total. The minimum absolute atomic E-state index is 0.189. The van der Waals surface area contributed by atoms with E-state index in [0.717, 1.165) is 12.1 Å². The molecule has 0 fully saturated rings. The Balaban J connectivity index is 2.11. The molecule has 6 heteroatoms. The highest BCUT2D eigenvalue weighted by Crippen LogP contribution is 2.26. The van der Waals surface area contributed by atoms with Crippen molar-refractivity contribution in [2.75, 3.05) is 6.54 Å². The third-order valence-corrected chi connectivity index (χ3v) is 3.90. The van der Waals surface area contributed by atoms with Gasteiger partial charge in [0.15, 0.2) is 0 Å². The van der Waals surface area contributed by atoms with Crippen molar-refractivity contribution in [3.63, 3.8) is 0 Å². The zero-order chi connectivity index (χ0) is 17.9. The van der Waals surface area contributed by atoms with Gasteiger partial charge in [0.1, 0.15) is 23.6 Å². The Kier molecular flexibility index (Phi) is 5.29. The molecule has 0 aliphatic carbocycles. The fourth-order valence-corrected chi connectivity index (χ4v) is 2.43. The molecule has 0 aliphatic heterocycles. The Labute approximate surface area is 138 Å². The van der Waals surface area contributed by atoms with Crippen molar-refractivity contribution in [2.45, 2.75) is 25.4 Å². The lowest BCUT2D eigenvalue weighted by molar-refractivity contribution is -0.126. The van der Waals surface area contributed by atoms with Crippen molar-refractivity contribution in [3.05, 3.63) is 71.0 Å². The third-order valence-electron chi connectivity index (χ3n) is 3.90. The Bertz CT molecular complexity index is 727. The summed E-state index contributed by atoms with van der Waals surface area (Å²) in [5, 5.41) is 12.4.